The minimum absolute atomic E-state index is 0.0667. The van der Waals surface area contributed by atoms with Crippen molar-refractivity contribution in [3.63, 3.8) is 0 Å². The lowest BCUT2D eigenvalue weighted by Crippen LogP contribution is -2.28. The Balaban J connectivity index is 1.33. The number of nitrogens with one attached hydrogen (secondary N) is 1. The summed E-state index contributed by atoms with van der Waals surface area (Å²) < 4.78 is 1.82. The second kappa shape index (κ2) is 10.4. The van der Waals surface area contributed by atoms with E-state index in [1.54, 1.807) is 41.6 Å². The third kappa shape index (κ3) is 5.49. The van der Waals surface area contributed by atoms with Gasteiger partial charge < -0.3 is 19.9 Å². The van der Waals surface area contributed by atoms with Crippen LogP contribution in [0.5, 0.6) is 0 Å². The topological polar surface area (TPSA) is 105 Å². The number of nitrogens with zero attached hydrogens (tertiary/aromatic N) is 3. The van der Waals surface area contributed by atoms with Crippen molar-refractivity contribution in [2.24, 2.45) is 5.92 Å². The lowest BCUT2D eigenvalue weighted by Gasteiger charge is -2.19. The number of halogens is 1. The van der Waals surface area contributed by atoms with E-state index in [9.17, 15) is 19.5 Å². The first kappa shape index (κ1) is 24.5. The van der Waals surface area contributed by atoms with Gasteiger partial charge in [-0.15, -0.1) is 0 Å². The van der Waals surface area contributed by atoms with Gasteiger partial charge in [-0.05, 0) is 41.5 Å². The van der Waals surface area contributed by atoms with Crippen LogP contribution in [-0.4, -0.2) is 43.9 Å². The number of rotatable bonds is 8. The molecule has 0 saturated carbocycles. The summed E-state index contributed by atoms with van der Waals surface area (Å²) in [5.74, 6) is -1.69. The van der Waals surface area contributed by atoms with E-state index < -0.39 is 17.9 Å². The van der Waals surface area contributed by atoms with E-state index in [4.69, 9.17) is 11.6 Å². The monoisotopic (exact) mass is 516 g/mol. The summed E-state index contributed by atoms with van der Waals surface area (Å²) in [5, 5.41) is 13.1. The Labute approximate surface area is 218 Å². The van der Waals surface area contributed by atoms with Crippen molar-refractivity contribution in [3.8, 4) is 0 Å². The average molecular weight is 517 g/mol. The van der Waals surface area contributed by atoms with Crippen LogP contribution in [0.1, 0.15) is 30.0 Å². The molecule has 2 unspecified atom stereocenters. The molecule has 4 aromatic rings. The number of aromatic nitrogens is 2. The lowest BCUT2D eigenvalue weighted by molar-refractivity contribution is -0.137. The minimum atomic E-state index is -0.922. The van der Waals surface area contributed by atoms with Crippen LogP contribution in [0.4, 0.5) is 5.69 Å². The molecule has 1 saturated heterocycles. The number of imidazole rings is 1. The molecule has 9 heteroatoms. The second-order valence-electron chi connectivity index (χ2n) is 9.17. The molecule has 0 radical (unpaired) electrons. The number of hydrogen-bond donors (Lipinski definition) is 2. The number of anilines is 1. The zero-order valence-electron chi connectivity index (χ0n) is 19.9. The number of fused-ring (bicyclic) bond motifs is 1. The Morgan fingerprint density at radius 2 is 1.84 bits per heavy atom. The predicted octanol–water partition coefficient (Wildman–Crippen LogP) is 4.74. The zero-order valence-corrected chi connectivity index (χ0v) is 20.6. The molecule has 2 atom stereocenters. The third-order valence-electron chi connectivity index (χ3n) is 6.60. The molecule has 3 aromatic carbocycles. The molecule has 2 heterocycles. The third-order valence-corrected chi connectivity index (χ3v) is 6.85. The second-order valence-corrected chi connectivity index (χ2v) is 9.61. The minimum Gasteiger partial charge on any atom is -0.481 e. The fourth-order valence-corrected chi connectivity index (χ4v) is 4.85. The van der Waals surface area contributed by atoms with Gasteiger partial charge in [0.25, 0.3) is 0 Å². The van der Waals surface area contributed by atoms with Crippen molar-refractivity contribution in [2.75, 3.05) is 11.9 Å². The van der Waals surface area contributed by atoms with Crippen molar-refractivity contribution in [1.82, 2.24) is 14.5 Å². The van der Waals surface area contributed by atoms with Gasteiger partial charge in [-0.1, -0.05) is 54.1 Å². The SMILES string of the molecule is O=C(O)CC(c1ccccc1)n1cnc2ccc(NC(=O)C3CC(=O)N(Cc4ccc(Cl)cc4)C3)cc21. The molecule has 1 aliphatic heterocycles. The summed E-state index contributed by atoms with van der Waals surface area (Å²) in [6.07, 6.45) is 1.66. The largest absolute Gasteiger partial charge is 0.481 e. The van der Waals surface area contributed by atoms with Crippen molar-refractivity contribution < 1.29 is 19.5 Å². The molecule has 0 spiro atoms. The number of carboxylic acids is 1. The summed E-state index contributed by atoms with van der Waals surface area (Å²) >= 11 is 5.94. The van der Waals surface area contributed by atoms with Crippen LogP contribution in [-0.2, 0) is 20.9 Å². The van der Waals surface area contributed by atoms with Crippen molar-refractivity contribution in [2.45, 2.75) is 25.4 Å². The zero-order chi connectivity index (χ0) is 25.9. The fraction of sp³-hybridized carbons (Fsp3) is 0.214. The van der Waals surface area contributed by atoms with Crippen LogP contribution in [0.3, 0.4) is 0 Å². The number of carboxylic acid groups (broad SMARTS) is 1. The van der Waals surface area contributed by atoms with Crippen LogP contribution in [0.15, 0.2) is 79.1 Å². The molecule has 0 bridgehead atoms. The Bertz CT molecular complexity index is 1450. The highest BCUT2D eigenvalue weighted by Crippen LogP contribution is 2.29. The van der Waals surface area contributed by atoms with E-state index >= 15 is 0 Å². The summed E-state index contributed by atoms with van der Waals surface area (Å²) in [4.78, 5) is 43.4. The number of carbonyl (C=O) groups is 3. The van der Waals surface area contributed by atoms with Gasteiger partial charge in [0.05, 0.1) is 35.7 Å². The molecular formula is C28H25ClN4O4. The van der Waals surface area contributed by atoms with Gasteiger partial charge in [-0.2, -0.15) is 0 Å². The van der Waals surface area contributed by atoms with Crippen LogP contribution in [0.2, 0.25) is 5.02 Å². The fourth-order valence-electron chi connectivity index (χ4n) is 4.72. The average Bonchev–Trinajstić information content (AvgIpc) is 3.47. The number of benzene rings is 3. The highest BCUT2D eigenvalue weighted by Gasteiger charge is 2.34. The maximum Gasteiger partial charge on any atom is 0.305 e. The van der Waals surface area contributed by atoms with Gasteiger partial charge in [0.2, 0.25) is 11.8 Å². The number of amides is 2. The molecule has 0 aliphatic carbocycles. The Morgan fingerprint density at radius 1 is 1.08 bits per heavy atom. The van der Waals surface area contributed by atoms with Crippen molar-refractivity contribution in [1.29, 1.82) is 0 Å². The van der Waals surface area contributed by atoms with Crippen LogP contribution in [0, 0.1) is 5.92 Å². The van der Waals surface area contributed by atoms with Crippen LogP contribution < -0.4 is 5.32 Å². The molecule has 1 aliphatic rings. The number of hydrogen-bond acceptors (Lipinski definition) is 4. The number of aliphatic carboxylic acids is 1. The quantitative estimate of drug-likeness (QED) is 0.352. The first-order valence-electron chi connectivity index (χ1n) is 11.9. The first-order valence-corrected chi connectivity index (χ1v) is 12.3. The Morgan fingerprint density at radius 3 is 2.57 bits per heavy atom. The van der Waals surface area contributed by atoms with Gasteiger partial charge in [-0.3, -0.25) is 14.4 Å². The summed E-state index contributed by atoms with van der Waals surface area (Å²) in [7, 11) is 0. The van der Waals surface area contributed by atoms with E-state index in [2.05, 4.69) is 10.3 Å². The summed E-state index contributed by atoms with van der Waals surface area (Å²) in [5.41, 5.74) is 3.76. The first-order chi connectivity index (χ1) is 17.9. The summed E-state index contributed by atoms with van der Waals surface area (Å²) in [6.45, 7) is 0.761. The van der Waals surface area contributed by atoms with Gasteiger partial charge in [0.15, 0.2) is 0 Å². The maximum absolute atomic E-state index is 13.1. The predicted molar refractivity (Wildman–Crippen MR) is 140 cm³/mol. The number of likely N-dealkylation sites (tertiary alicyclic amines) is 1. The van der Waals surface area contributed by atoms with E-state index in [1.165, 1.54) is 0 Å². The van der Waals surface area contributed by atoms with Crippen LogP contribution >= 0.6 is 11.6 Å². The Kier molecular flexibility index (Phi) is 6.92. The standard InChI is InChI=1S/C28H25ClN4O4/c29-21-8-6-18(7-9-21)15-32-16-20(12-26(32)34)28(37)31-22-10-11-23-25(13-22)33(17-30-23)24(14-27(35)36)19-4-2-1-3-5-19/h1-11,13,17,20,24H,12,14-16H2,(H,31,37)(H,35,36). The molecule has 2 N–H and O–H groups in total. The molecule has 1 fully saturated rings. The van der Waals surface area contributed by atoms with Crippen LogP contribution in [0.25, 0.3) is 11.0 Å². The van der Waals surface area contributed by atoms with Gasteiger partial charge in [0, 0.05) is 30.2 Å². The highest BCUT2D eigenvalue weighted by molar-refractivity contribution is 6.30. The molecule has 2 amide bonds. The van der Waals surface area contributed by atoms with E-state index in [0.29, 0.717) is 34.8 Å². The normalized spacial score (nSPS) is 16.2. The molecule has 1 aromatic heterocycles. The van der Waals surface area contributed by atoms with Crippen molar-refractivity contribution >= 4 is 46.1 Å². The molecule has 5 rings (SSSR count). The summed E-state index contributed by atoms with van der Waals surface area (Å²) in [6, 6.07) is 21.6. The molecule has 8 nitrogen and oxygen atoms in total. The maximum atomic E-state index is 13.1. The molecule has 188 valence electrons. The highest BCUT2D eigenvalue weighted by atomic mass is 35.5. The lowest BCUT2D eigenvalue weighted by atomic mass is 10.0. The van der Waals surface area contributed by atoms with E-state index in [1.807, 2.05) is 47.0 Å². The van der Waals surface area contributed by atoms with E-state index in [0.717, 1.165) is 11.1 Å². The van der Waals surface area contributed by atoms with E-state index in [-0.39, 0.29) is 24.7 Å². The van der Waals surface area contributed by atoms with Gasteiger partial charge in [-0.25, -0.2) is 4.98 Å². The number of carbonyl (C=O) groups excluding carboxylic acids is 2. The van der Waals surface area contributed by atoms with Crippen molar-refractivity contribution in [3.05, 3.63) is 95.3 Å². The van der Waals surface area contributed by atoms with Gasteiger partial charge >= 0.3 is 5.97 Å². The van der Waals surface area contributed by atoms with Gasteiger partial charge in [0.1, 0.15) is 0 Å². The Hall–Kier alpha value is -4.17. The molecular weight excluding hydrogens is 492 g/mol. The molecule has 37 heavy (non-hydrogen) atoms. The smallest absolute Gasteiger partial charge is 0.305 e.